The second-order valence-corrected chi connectivity index (χ2v) is 13.0. The number of benzene rings is 2. The molecule has 0 saturated carbocycles. The van der Waals surface area contributed by atoms with Crippen LogP contribution in [0.3, 0.4) is 0 Å². The summed E-state index contributed by atoms with van der Waals surface area (Å²) in [5.41, 5.74) is -2.81. The minimum absolute atomic E-state index is 0.00839. The van der Waals surface area contributed by atoms with Gasteiger partial charge in [-0.3, -0.25) is 19.3 Å². The van der Waals surface area contributed by atoms with E-state index < -0.39 is 88.7 Å². The maximum Gasteiger partial charge on any atom is 0.352 e. The van der Waals surface area contributed by atoms with Crippen molar-refractivity contribution in [3.63, 3.8) is 0 Å². The molecule has 6 rings (SSSR count). The molecule has 3 aliphatic heterocycles. The molecule has 2 fully saturated rings. The first-order valence-corrected chi connectivity index (χ1v) is 16.6. The number of pyridine rings is 1. The molecule has 2 aromatic carbocycles. The SMILES string of the molecule is CN1CCN(c2c(F)cc3c(=O)c(C(=O)OCC4=C(C(=O)O)N5C(=O)[C@H](NC(=O)COc6ccccc6)[C@@H]5SC4)cn(CCF)c3c2F)CC1. The number of aromatic nitrogens is 1. The highest BCUT2D eigenvalue weighted by atomic mass is 32.2. The summed E-state index contributed by atoms with van der Waals surface area (Å²) in [6.45, 7) is -0.722. The van der Waals surface area contributed by atoms with Crippen LogP contribution >= 0.6 is 11.8 Å². The number of esters is 1. The summed E-state index contributed by atoms with van der Waals surface area (Å²) in [4.78, 5) is 68.8. The van der Waals surface area contributed by atoms with E-state index in [9.17, 15) is 33.5 Å². The molecular formula is C33H32F3N5O8S. The van der Waals surface area contributed by atoms with Gasteiger partial charge in [0.05, 0.1) is 17.4 Å². The highest BCUT2D eigenvalue weighted by molar-refractivity contribution is 8.00. The molecule has 0 spiro atoms. The van der Waals surface area contributed by atoms with Crippen LogP contribution in [0.4, 0.5) is 18.9 Å². The number of ether oxygens (including phenoxy) is 2. The second-order valence-electron chi connectivity index (χ2n) is 11.9. The number of amides is 2. The Bertz CT molecular complexity index is 1950. The van der Waals surface area contributed by atoms with Gasteiger partial charge in [0.25, 0.3) is 11.8 Å². The van der Waals surface area contributed by atoms with Crippen LogP contribution in [0.5, 0.6) is 5.75 Å². The predicted molar refractivity (Wildman–Crippen MR) is 176 cm³/mol. The molecule has 2 N–H and O–H groups in total. The Kier molecular flexibility index (Phi) is 10.1. The van der Waals surface area contributed by atoms with Gasteiger partial charge in [-0.25, -0.2) is 22.8 Å². The largest absolute Gasteiger partial charge is 0.484 e. The predicted octanol–water partition coefficient (Wildman–Crippen LogP) is 1.98. The van der Waals surface area contributed by atoms with E-state index in [1.54, 1.807) is 30.3 Å². The fraction of sp³-hybridized carbons (Fsp3) is 0.364. The van der Waals surface area contributed by atoms with Gasteiger partial charge < -0.3 is 34.3 Å². The van der Waals surface area contributed by atoms with E-state index in [4.69, 9.17) is 9.47 Å². The van der Waals surface area contributed by atoms with Crippen LogP contribution < -0.4 is 20.4 Å². The number of nitrogens with zero attached hydrogens (tertiary/aromatic N) is 4. The minimum Gasteiger partial charge on any atom is -0.484 e. The summed E-state index contributed by atoms with van der Waals surface area (Å²) < 4.78 is 56.6. The average Bonchev–Trinajstić information content (AvgIpc) is 3.10. The monoisotopic (exact) mass is 715 g/mol. The molecule has 2 atom stereocenters. The van der Waals surface area contributed by atoms with E-state index in [0.29, 0.717) is 31.9 Å². The van der Waals surface area contributed by atoms with Crippen LogP contribution in [0, 0.1) is 11.6 Å². The fourth-order valence-corrected chi connectivity index (χ4v) is 7.44. The first-order valence-electron chi connectivity index (χ1n) is 15.6. The molecule has 3 aliphatic rings. The number of piperazine rings is 1. The van der Waals surface area contributed by atoms with Gasteiger partial charge in [0.15, 0.2) is 12.4 Å². The third kappa shape index (κ3) is 6.61. The molecule has 264 valence electrons. The van der Waals surface area contributed by atoms with Crippen LogP contribution in [0.15, 0.2) is 58.7 Å². The third-order valence-corrected chi connectivity index (χ3v) is 9.99. The van der Waals surface area contributed by atoms with Crippen molar-refractivity contribution in [2.75, 3.05) is 63.8 Å². The van der Waals surface area contributed by atoms with Gasteiger partial charge in [0.1, 0.15) is 53.2 Å². The summed E-state index contributed by atoms with van der Waals surface area (Å²) in [6, 6.07) is 8.35. The summed E-state index contributed by atoms with van der Waals surface area (Å²) in [5.74, 6) is -5.63. The van der Waals surface area contributed by atoms with Crippen LogP contribution in [0.25, 0.3) is 10.9 Å². The van der Waals surface area contributed by atoms with Gasteiger partial charge in [0, 0.05) is 43.7 Å². The Morgan fingerprint density at radius 3 is 2.48 bits per heavy atom. The van der Waals surface area contributed by atoms with Crippen molar-refractivity contribution in [1.82, 2.24) is 19.7 Å². The smallest absolute Gasteiger partial charge is 0.352 e. The zero-order chi connectivity index (χ0) is 35.7. The first kappa shape index (κ1) is 34.8. The van der Waals surface area contributed by atoms with Gasteiger partial charge >= 0.3 is 11.9 Å². The number of rotatable bonds is 11. The molecule has 0 radical (unpaired) electrons. The van der Waals surface area contributed by atoms with Crippen molar-refractivity contribution in [3.05, 3.63) is 81.3 Å². The Labute approximate surface area is 287 Å². The number of thioether (sulfide) groups is 1. The number of anilines is 1. The maximum atomic E-state index is 15.9. The lowest BCUT2D eigenvalue weighted by atomic mass is 10.0. The number of carbonyl (C=O) groups is 4. The summed E-state index contributed by atoms with van der Waals surface area (Å²) >= 11 is 1.13. The molecule has 3 aromatic rings. The Morgan fingerprint density at radius 2 is 1.80 bits per heavy atom. The van der Waals surface area contributed by atoms with Gasteiger partial charge in [-0.05, 0) is 25.2 Å². The summed E-state index contributed by atoms with van der Waals surface area (Å²) in [6.07, 6.45) is 0.938. The van der Waals surface area contributed by atoms with E-state index in [0.717, 1.165) is 33.5 Å². The van der Waals surface area contributed by atoms with E-state index in [2.05, 4.69) is 5.32 Å². The molecule has 4 heterocycles. The lowest BCUT2D eigenvalue weighted by Crippen LogP contribution is -2.71. The molecule has 13 nitrogen and oxygen atoms in total. The zero-order valence-corrected chi connectivity index (χ0v) is 27.5. The van der Waals surface area contributed by atoms with Crippen LogP contribution in [-0.2, 0) is 25.7 Å². The molecule has 0 unspecified atom stereocenters. The van der Waals surface area contributed by atoms with E-state index in [-0.39, 0.29) is 29.1 Å². The number of carbonyl (C=O) groups excluding carboxylic acids is 3. The average molecular weight is 716 g/mol. The number of hydrogen-bond acceptors (Lipinski definition) is 10. The molecule has 2 amide bonds. The number of carboxylic acids is 1. The number of fused-ring (bicyclic) bond motifs is 2. The normalized spacial score (nSPS) is 19.2. The lowest BCUT2D eigenvalue weighted by Gasteiger charge is -2.49. The van der Waals surface area contributed by atoms with Crippen molar-refractivity contribution in [2.45, 2.75) is 18.0 Å². The highest BCUT2D eigenvalue weighted by Crippen LogP contribution is 2.40. The van der Waals surface area contributed by atoms with Crippen molar-refractivity contribution in [1.29, 1.82) is 0 Å². The number of para-hydroxylation sites is 1. The van der Waals surface area contributed by atoms with Crippen molar-refractivity contribution in [3.8, 4) is 5.75 Å². The minimum atomic E-state index is -1.48. The molecule has 50 heavy (non-hydrogen) atoms. The number of carboxylic acid groups (broad SMARTS) is 1. The number of aliphatic carboxylic acids is 1. The number of halogens is 3. The second kappa shape index (κ2) is 14.4. The number of likely N-dealkylation sites (N-methyl/N-ethyl adjacent to an activating group) is 1. The van der Waals surface area contributed by atoms with Crippen molar-refractivity contribution in [2.24, 2.45) is 0 Å². The fourth-order valence-electron chi connectivity index (χ4n) is 6.11. The molecular weight excluding hydrogens is 683 g/mol. The quantitative estimate of drug-likeness (QED) is 0.222. The highest BCUT2D eigenvalue weighted by Gasteiger charge is 2.54. The molecule has 1 aromatic heterocycles. The van der Waals surface area contributed by atoms with Gasteiger partial charge in [-0.2, -0.15) is 0 Å². The molecule has 2 saturated heterocycles. The maximum absolute atomic E-state index is 15.9. The summed E-state index contributed by atoms with van der Waals surface area (Å²) in [7, 11) is 1.87. The standard InChI is InChI=1S/C33H32F3N5O8S/c1-38-9-11-39(12-10-38)28-22(35)13-20-27(24(28)36)40(8-7-34)14-21(29(20)43)33(47)49-15-18-17-50-31-25(30(44)41(31)26(18)32(45)46)37-23(42)16-48-19-5-3-2-4-6-19/h2-6,13-14,25,31H,7-12,15-17H2,1H3,(H,37,42)(H,45,46)/t25-,31-/m0/s1. The van der Waals surface area contributed by atoms with Gasteiger partial charge in [-0.1, -0.05) is 18.2 Å². The van der Waals surface area contributed by atoms with E-state index in [1.807, 2.05) is 11.9 Å². The number of alkyl halides is 1. The number of β-lactam (4-membered cyclic amide) rings is 1. The number of nitrogens with one attached hydrogen (secondary N) is 1. The van der Waals surface area contributed by atoms with E-state index in [1.165, 1.54) is 4.90 Å². The Hall–Kier alpha value is -5.03. The van der Waals surface area contributed by atoms with Crippen LogP contribution in [-0.4, -0.2) is 114 Å². The van der Waals surface area contributed by atoms with Crippen molar-refractivity contribution < 1.29 is 46.9 Å². The van der Waals surface area contributed by atoms with Gasteiger partial charge in [-0.15, -0.1) is 11.8 Å². The number of aryl methyl sites for hydroxylation is 1. The van der Waals surface area contributed by atoms with Crippen molar-refractivity contribution >= 4 is 52.1 Å². The molecule has 0 aliphatic carbocycles. The third-order valence-electron chi connectivity index (χ3n) is 8.65. The zero-order valence-electron chi connectivity index (χ0n) is 26.7. The Morgan fingerprint density at radius 1 is 1.08 bits per heavy atom. The topological polar surface area (TPSA) is 151 Å². The van der Waals surface area contributed by atoms with Gasteiger partial charge in [0.2, 0.25) is 5.43 Å². The molecule has 17 heteroatoms. The Balaban J connectivity index is 1.19. The molecule has 0 bridgehead atoms. The first-order chi connectivity index (χ1) is 24.0. The number of hydrogen-bond donors (Lipinski definition) is 2. The lowest BCUT2D eigenvalue weighted by molar-refractivity contribution is -0.151. The summed E-state index contributed by atoms with van der Waals surface area (Å²) in [5, 5.41) is 11.3. The van der Waals surface area contributed by atoms with Crippen LogP contribution in [0.1, 0.15) is 10.4 Å². The van der Waals surface area contributed by atoms with E-state index >= 15 is 8.78 Å². The van der Waals surface area contributed by atoms with Crippen LogP contribution in [0.2, 0.25) is 0 Å².